The quantitative estimate of drug-likeness (QED) is 0.615. The number of hydrogen-bond donors (Lipinski definition) is 1. The van der Waals surface area contributed by atoms with Gasteiger partial charge in [-0.1, -0.05) is 6.07 Å². The number of aromatic nitrogens is 4. The Bertz CT molecular complexity index is 1040. The van der Waals surface area contributed by atoms with Crippen LogP contribution in [0.2, 0.25) is 0 Å². The lowest BCUT2D eigenvalue weighted by atomic mass is 10.1. The van der Waals surface area contributed by atoms with Crippen molar-refractivity contribution < 1.29 is 0 Å². The Balaban J connectivity index is 1.86. The molecular formula is C17H13N5S. The predicted molar refractivity (Wildman–Crippen MR) is 92.0 cm³/mol. The van der Waals surface area contributed by atoms with Gasteiger partial charge in [0.15, 0.2) is 0 Å². The molecule has 1 unspecified atom stereocenters. The van der Waals surface area contributed by atoms with Crippen LogP contribution in [0.1, 0.15) is 10.9 Å². The van der Waals surface area contributed by atoms with Crippen LogP contribution >= 0.6 is 11.8 Å². The van der Waals surface area contributed by atoms with Crippen LogP contribution in [-0.2, 0) is 0 Å². The van der Waals surface area contributed by atoms with Crippen LogP contribution in [0.25, 0.3) is 22.4 Å². The average molecular weight is 319 g/mol. The van der Waals surface area contributed by atoms with Crippen molar-refractivity contribution in [1.82, 2.24) is 24.3 Å². The third-order valence-electron chi connectivity index (χ3n) is 4.09. The predicted octanol–water partition coefficient (Wildman–Crippen LogP) is 3.46. The largest absolute Gasteiger partial charge is 0.375 e. The van der Waals surface area contributed by atoms with Gasteiger partial charge in [0.2, 0.25) is 0 Å². The smallest absolute Gasteiger partial charge is 0.146 e. The van der Waals surface area contributed by atoms with E-state index in [1.54, 1.807) is 11.8 Å². The van der Waals surface area contributed by atoms with Gasteiger partial charge in [0.1, 0.15) is 11.0 Å². The molecule has 0 saturated carbocycles. The summed E-state index contributed by atoms with van der Waals surface area (Å²) < 4.78 is 4.02. The zero-order chi connectivity index (χ0) is 15.2. The Labute approximate surface area is 136 Å². The van der Waals surface area contributed by atoms with E-state index in [0.29, 0.717) is 0 Å². The fourth-order valence-corrected chi connectivity index (χ4v) is 3.88. The molecule has 0 spiro atoms. The van der Waals surface area contributed by atoms with Gasteiger partial charge in [-0.05, 0) is 35.2 Å². The highest BCUT2D eigenvalue weighted by Gasteiger charge is 2.22. The number of thioether (sulfide) groups is 1. The molecule has 0 fully saturated rings. The molecule has 1 N–H and O–H groups in total. The van der Waals surface area contributed by atoms with Crippen molar-refractivity contribution in [2.75, 3.05) is 0 Å². The number of hydrogen-bond acceptors (Lipinski definition) is 4. The first kappa shape index (κ1) is 12.8. The summed E-state index contributed by atoms with van der Waals surface area (Å²) in [5, 5.41) is 10.2. The zero-order valence-electron chi connectivity index (χ0n) is 12.1. The average Bonchev–Trinajstić information content (AvgIpc) is 3.32. The number of nitrogens with one attached hydrogen (secondary N) is 1. The molecule has 4 aromatic heterocycles. The number of pyridine rings is 2. The highest BCUT2D eigenvalue weighted by molar-refractivity contribution is 8.02. The number of nitrogens with zero attached hydrogens (tertiary/aromatic N) is 4. The molecule has 0 aliphatic carbocycles. The third-order valence-corrected chi connectivity index (χ3v) is 5.04. The SMILES string of the molecule is C1=CSC(c2ccn3ccnc3c2-c2cccc3ccnn23)N1. The molecule has 23 heavy (non-hydrogen) atoms. The molecule has 1 aliphatic heterocycles. The van der Waals surface area contributed by atoms with Gasteiger partial charge < -0.3 is 9.72 Å². The second-order valence-corrected chi connectivity index (χ2v) is 6.38. The van der Waals surface area contributed by atoms with Crippen LogP contribution in [0.15, 0.2) is 66.7 Å². The minimum Gasteiger partial charge on any atom is -0.375 e. The Morgan fingerprint density at radius 3 is 3.00 bits per heavy atom. The topological polar surface area (TPSA) is 46.6 Å². The molecule has 0 bridgehead atoms. The van der Waals surface area contributed by atoms with Crippen molar-refractivity contribution in [3.05, 3.63) is 72.3 Å². The number of imidazole rings is 1. The summed E-state index contributed by atoms with van der Waals surface area (Å²) in [6, 6.07) is 10.4. The van der Waals surface area contributed by atoms with Crippen molar-refractivity contribution in [3.8, 4) is 11.3 Å². The van der Waals surface area contributed by atoms with E-state index in [2.05, 4.69) is 51.3 Å². The summed E-state index contributed by atoms with van der Waals surface area (Å²) in [4.78, 5) is 4.58. The van der Waals surface area contributed by atoms with E-state index in [1.165, 1.54) is 5.56 Å². The lowest BCUT2D eigenvalue weighted by Crippen LogP contribution is -2.10. The second-order valence-electron chi connectivity index (χ2n) is 5.37. The molecule has 1 atom stereocenters. The summed E-state index contributed by atoms with van der Waals surface area (Å²) in [6.07, 6.45) is 9.68. The van der Waals surface area contributed by atoms with Crippen LogP contribution in [0.4, 0.5) is 0 Å². The van der Waals surface area contributed by atoms with Gasteiger partial charge in [-0.25, -0.2) is 9.50 Å². The standard InChI is InChI=1S/C17H13N5S/c1-2-12-4-6-20-22(12)14(3-1)15-13(17-19-8-11-23-17)5-9-21-10-7-18-16(15)21/h1-11,17,19H. The van der Waals surface area contributed by atoms with Gasteiger partial charge in [0, 0.05) is 30.4 Å². The fraction of sp³-hybridized carbons (Fsp3) is 0.0588. The van der Waals surface area contributed by atoms with Crippen molar-refractivity contribution in [2.24, 2.45) is 0 Å². The van der Waals surface area contributed by atoms with Crippen molar-refractivity contribution >= 4 is 22.9 Å². The third kappa shape index (κ3) is 1.88. The zero-order valence-corrected chi connectivity index (χ0v) is 12.9. The van der Waals surface area contributed by atoms with Gasteiger partial charge in [-0.3, -0.25) is 0 Å². The van der Waals surface area contributed by atoms with Crippen molar-refractivity contribution in [3.63, 3.8) is 0 Å². The molecule has 0 aromatic carbocycles. The van der Waals surface area contributed by atoms with Crippen LogP contribution < -0.4 is 5.32 Å². The van der Waals surface area contributed by atoms with E-state index in [4.69, 9.17) is 0 Å². The molecule has 5 heterocycles. The number of fused-ring (bicyclic) bond motifs is 2. The first-order valence-electron chi connectivity index (χ1n) is 7.37. The summed E-state index contributed by atoms with van der Waals surface area (Å²) in [6.45, 7) is 0. The van der Waals surface area contributed by atoms with E-state index in [9.17, 15) is 0 Å². The molecule has 0 saturated heterocycles. The lowest BCUT2D eigenvalue weighted by molar-refractivity contribution is 0.857. The van der Waals surface area contributed by atoms with Gasteiger partial charge in [0.25, 0.3) is 0 Å². The minimum atomic E-state index is 0.192. The van der Waals surface area contributed by atoms with Crippen LogP contribution in [0, 0.1) is 0 Å². The summed E-state index contributed by atoms with van der Waals surface area (Å²) in [5.41, 5.74) is 5.39. The Hall–Kier alpha value is -2.73. The normalized spacial score (nSPS) is 17.1. The maximum Gasteiger partial charge on any atom is 0.146 e. The summed E-state index contributed by atoms with van der Waals surface area (Å²) in [5.74, 6) is 0. The van der Waals surface area contributed by atoms with E-state index in [1.807, 2.05) is 39.8 Å². The molecule has 0 amide bonds. The van der Waals surface area contributed by atoms with Gasteiger partial charge in [-0.2, -0.15) is 5.10 Å². The molecule has 1 aliphatic rings. The fourth-order valence-electron chi connectivity index (χ4n) is 3.07. The van der Waals surface area contributed by atoms with Crippen LogP contribution in [0.5, 0.6) is 0 Å². The van der Waals surface area contributed by atoms with E-state index in [0.717, 1.165) is 22.4 Å². The molecular weight excluding hydrogens is 306 g/mol. The van der Waals surface area contributed by atoms with E-state index < -0.39 is 0 Å². The Morgan fingerprint density at radius 1 is 1.09 bits per heavy atom. The molecule has 112 valence electrons. The van der Waals surface area contributed by atoms with Crippen LogP contribution in [-0.4, -0.2) is 19.0 Å². The highest BCUT2D eigenvalue weighted by Crippen LogP contribution is 2.38. The molecule has 6 heteroatoms. The Kier molecular flexibility index (Phi) is 2.72. The molecule has 5 nitrogen and oxygen atoms in total. The molecule has 4 aromatic rings. The van der Waals surface area contributed by atoms with Crippen LogP contribution in [0.3, 0.4) is 0 Å². The summed E-state index contributed by atoms with van der Waals surface area (Å²) in [7, 11) is 0. The van der Waals surface area contributed by atoms with Crippen molar-refractivity contribution in [1.29, 1.82) is 0 Å². The first-order valence-corrected chi connectivity index (χ1v) is 8.31. The van der Waals surface area contributed by atoms with Gasteiger partial charge in [-0.15, -0.1) is 11.8 Å². The van der Waals surface area contributed by atoms with Crippen molar-refractivity contribution in [2.45, 2.75) is 5.37 Å². The molecule has 5 rings (SSSR count). The van der Waals surface area contributed by atoms with Gasteiger partial charge >= 0.3 is 0 Å². The molecule has 0 radical (unpaired) electrons. The Morgan fingerprint density at radius 2 is 2.09 bits per heavy atom. The lowest BCUT2D eigenvalue weighted by Gasteiger charge is -2.17. The van der Waals surface area contributed by atoms with E-state index >= 15 is 0 Å². The summed E-state index contributed by atoms with van der Waals surface area (Å²) >= 11 is 1.76. The maximum absolute atomic E-state index is 4.58. The highest BCUT2D eigenvalue weighted by atomic mass is 32.2. The number of rotatable bonds is 2. The maximum atomic E-state index is 4.58. The second kappa shape index (κ2) is 4.89. The minimum absolute atomic E-state index is 0.192. The van der Waals surface area contributed by atoms with Gasteiger partial charge in [0.05, 0.1) is 17.4 Å². The van der Waals surface area contributed by atoms with E-state index in [-0.39, 0.29) is 5.37 Å². The monoisotopic (exact) mass is 319 g/mol. The first-order chi connectivity index (χ1) is 11.4.